The Morgan fingerprint density at radius 3 is 2.06 bits per heavy atom. The molecule has 2 atom stereocenters. The van der Waals surface area contributed by atoms with E-state index in [4.69, 9.17) is 0 Å². The first-order valence-electron chi connectivity index (χ1n) is 13.7. The summed E-state index contributed by atoms with van der Waals surface area (Å²) in [6.07, 6.45) is 12.1. The van der Waals surface area contributed by atoms with Gasteiger partial charge in [-0.15, -0.1) is 0 Å². The van der Waals surface area contributed by atoms with E-state index in [1.807, 2.05) is 11.8 Å². The summed E-state index contributed by atoms with van der Waals surface area (Å²) < 4.78 is 0. The average Bonchev–Trinajstić information content (AvgIpc) is 2.93. The van der Waals surface area contributed by atoms with Crippen LogP contribution in [0.4, 0.5) is 0 Å². The summed E-state index contributed by atoms with van der Waals surface area (Å²) >= 11 is 6.29. The molecule has 1 aliphatic carbocycles. The molecule has 2 unspecified atom stereocenters. The number of hydrogen-bond donors (Lipinski definition) is 3. The summed E-state index contributed by atoms with van der Waals surface area (Å²) in [5.41, 5.74) is 6.04. The van der Waals surface area contributed by atoms with E-state index in [2.05, 4.69) is 105 Å². The van der Waals surface area contributed by atoms with E-state index >= 15 is 0 Å². The number of rotatable bonds is 14. The van der Waals surface area contributed by atoms with Gasteiger partial charge in [0, 0.05) is 34.7 Å². The van der Waals surface area contributed by atoms with Crippen LogP contribution in [0.3, 0.4) is 0 Å². The van der Waals surface area contributed by atoms with Crippen molar-refractivity contribution in [2.24, 2.45) is 0 Å². The van der Waals surface area contributed by atoms with Crippen LogP contribution in [-0.2, 0) is 12.2 Å². The van der Waals surface area contributed by atoms with E-state index in [1.54, 1.807) is 0 Å². The first-order valence-corrected chi connectivity index (χ1v) is 15.5. The Balaban J connectivity index is 0.000000662. The van der Waals surface area contributed by atoms with Gasteiger partial charge in [-0.05, 0) is 37.3 Å². The van der Waals surface area contributed by atoms with Crippen molar-refractivity contribution in [3.05, 3.63) is 95.8 Å². The molecular weight excluding hydrogens is 477 g/mol. The normalized spacial score (nSPS) is 14.6. The second-order valence-electron chi connectivity index (χ2n) is 9.88. The number of thiol groups is 1. The van der Waals surface area contributed by atoms with E-state index in [9.17, 15) is 0 Å². The molecule has 0 amide bonds. The summed E-state index contributed by atoms with van der Waals surface area (Å²) in [7, 11) is 0. The van der Waals surface area contributed by atoms with Crippen LogP contribution in [0, 0.1) is 6.92 Å². The fraction of sp³-hybridized carbons (Fsp3) is 0.500. The standard InChI is InChI=1S/C26H36N2S2.C6H12/c1-5-26(27-21(3)17-29)22(4)28-25(16-15-23-9-7-6-8-10-23)19-30-18-24-13-11-20(2)12-14-24;1-2-4-6-5-3-1/h6-14,25-29H,3-5,15-19H2,1-2H3;1-6H2. The van der Waals surface area contributed by atoms with E-state index in [0.29, 0.717) is 11.8 Å². The van der Waals surface area contributed by atoms with Crippen LogP contribution < -0.4 is 10.6 Å². The third kappa shape index (κ3) is 13.0. The second-order valence-corrected chi connectivity index (χ2v) is 11.2. The third-order valence-corrected chi connectivity index (χ3v) is 8.18. The average molecular weight is 525 g/mol. The quantitative estimate of drug-likeness (QED) is 0.216. The van der Waals surface area contributed by atoms with Crippen molar-refractivity contribution in [1.29, 1.82) is 0 Å². The van der Waals surface area contributed by atoms with Gasteiger partial charge in [0.1, 0.15) is 0 Å². The number of hydrogen-bond acceptors (Lipinski definition) is 4. The maximum atomic E-state index is 4.34. The number of thioether (sulfide) groups is 1. The summed E-state index contributed by atoms with van der Waals surface area (Å²) in [4.78, 5) is 0. The fourth-order valence-electron chi connectivity index (χ4n) is 4.34. The third-order valence-electron chi connectivity index (χ3n) is 6.62. The highest BCUT2D eigenvalue weighted by Gasteiger charge is 2.16. The Hall–Kier alpha value is -1.78. The second kappa shape index (κ2) is 18.5. The van der Waals surface area contributed by atoms with E-state index in [0.717, 1.165) is 42.2 Å². The molecule has 4 heteroatoms. The predicted octanol–water partition coefficient (Wildman–Crippen LogP) is 8.49. The molecule has 0 saturated heterocycles. The summed E-state index contributed by atoms with van der Waals surface area (Å²) in [5.74, 6) is 2.71. The highest BCUT2D eigenvalue weighted by molar-refractivity contribution is 7.98. The van der Waals surface area contributed by atoms with Gasteiger partial charge in [-0.25, -0.2) is 0 Å². The molecule has 0 spiro atoms. The van der Waals surface area contributed by atoms with E-state index in [-0.39, 0.29) is 6.04 Å². The van der Waals surface area contributed by atoms with Gasteiger partial charge in [0.15, 0.2) is 0 Å². The van der Waals surface area contributed by atoms with Gasteiger partial charge in [-0.2, -0.15) is 24.4 Å². The molecule has 2 N–H and O–H groups in total. The molecule has 0 radical (unpaired) electrons. The topological polar surface area (TPSA) is 24.1 Å². The van der Waals surface area contributed by atoms with Crippen LogP contribution in [0.25, 0.3) is 0 Å². The Labute approximate surface area is 231 Å². The Morgan fingerprint density at radius 1 is 0.889 bits per heavy atom. The largest absolute Gasteiger partial charge is 0.384 e. The maximum absolute atomic E-state index is 4.34. The summed E-state index contributed by atoms with van der Waals surface area (Å²) in [5, 5.41) is 7.16. The van der Waals surface area contributed by atoms with Gasteiger partial charge in [0.2, 0.25) is 0 Å². The predicted molar refractivity (Wildman–Crippen MR) is 166 cm³/mol. The first-order chi connectivity index (χ1) is 17.5. The molecule has 0 heterocycles. The Bertz CT molecular complexity index is 848. The van der Waals surface area contributed by atoms with Crippen molar-refractivity contribution in [2.45, 2.75) is 89.5 Å². The Kier molecular flexibility index (Phi) is 15.6. The van der Waals surface area contributed by atoms with Gasteiger partial charge in [0.25, 0.3) is 0 Å². The van der Waals surface area contributed by atoms with Crippen molar-refractivity contribution in [1.82, 2.24) is 10.6 Å². The molecule has 0 aliphatic heterocycles. The molecule has 0 aromatic heterocycles. The monoisotopic (exact) mass is 524 g/mol. The maximum Gasteiger partial charge on any atom is 0.0648 e. The molecule has 1 fully saturated rings. The van der Waals surface area contributed by atoms with Crippen molar-refractivity contribution in [3.8, 4) is 0 Å². The SMILES string of the molecule is C1CCCCC1.C=C(CS)NC(CC)C(=C)NC(CCc1ccccc1)CSCc1ccc(C)cc1. The minimum Gasteiger partial charge on any atom is -0.384 e. The number of nitrogens with one attached hydrogen (secondary N) is 2. The van der Waals surface area contributed by atoms with Crippen molar-refractivity contribution in [2.75, 3.05) is 11.5 Å². The van der Waals surface area contributed by atoms with Crippen LogP contribution >= 0.6 is 24.4 Å². The Morgan fingerprint density at radius 2 is 1.50 bits per heavy atom. The molecule has 2 nitrogen and oxygen atoms in total. The zero-order chi connectivity index (χ0) is 26.0. The molecule has 2 aromatic rings. The number of benzene rings is 2. The molecule has 0 bridgehead atoms. The van der Waals surface area contributed by atoms with Gasteiger partial charge < -0.3 is 10.6 Å². The van der Waals surface area contributed by atoms with Crippen LogP contribution in [0.1, 0.15) is 75.0 Å². The minimum atomic E-state index is 0.172. The fourth-order valence-corrected chi connectivity index (χ4v) is 5.51. The van der Waals surface area contributed by atoms with Gasteiger partial charge in [-0.1, -0.05) is 119 Å². The van der Waals surface area contributed by atoms with Crippen molar-refractivity contribution < 1.29 is 0 Å². The van der Waals surface area contributed by atoms with Crippen LogP contribution in [0.2, 0.25) is 0 Å². The highest BCUT2D eigenvalue weighted by atomic mass is 32.2. The van der Waals surface area contributed by atoms with Gasteiger partial charge >= 0.3 is 0 Å². The van der Waals surface area contributed by atoms with Crippen LogP contribution in [0.15, 0.2) is 79.1 Å². The van der Waals surface area contributed by atoms with Crippen LogP contribution in [0.5, 0.6) is 0 Å². The molecule has 2 aromatic carbocycles. The molecule has 1 saturated carbocycles. The smallest absolute Gasteiger partial charge is 0.0648 e. The van der Waals surface area contributed by atoms with E-state index in [1.165, 1.54) is 55.2 Å². The van der Waals surface area contributed by atoms with Crippen molar-refractivity contribution in [3.63, 3.8) is 0 Å². The first kappa shape index (κ1) is 30.4. The zero-order valence-electron chi connectivity index (χ0n) is 22.6. The lowest BCUT2D eigenvalue weighted by Gasteiger charge is -2.27. The minimum absolute atomic E-state index is 0.172. The van der Waals surface area contributed by atoms with Gasteiger partial charge in [0.05, 0.1) is 6.04 Å². The molecule has 198 valence electrons. The summed E-state index contributed by atoms with van der Waals surface area (Å²) in [6, 6.07) is 20.1. The number of aryl methyl sites for hydroxylation is 2. The van der Waals surface area contributed by atoms with Gasteiger partial charge in [-0.3, -0.25) is 0 Å². The molecule has 36 heavy (non-hydrogen) atoms. The lowest BCUT2D eigenvalue weighted by atomic mass is 10.0. The lowest BCUT2D eigenvalue weighted by Crippen LogP contribution is -2.40. The molecule has 3 rings (SSSR count). The van der Waals surface area contributed by atoms with Crippen LogP contribution in [-0.4, -0.2) is 23.6 Å². The van der Waals surface area contributed by atoms with Crippen molar-refractivity contribution >= 4 is 24.4 Å². The molecule has 1 aliphatic rings. The van der Waals surface area contributed by atoms with E-state index < -0.39 is 0 Å². The summed E-state index contributed by atoms with van der Waals surface area (Å²) in [6.45, 7) is 12.7. The zero-order valence-corrected chi connectivity index (χ0v) is 24.3. The highest BCUT2D eigenvalue weighted by Crippen LogP contribution is 2.18. The lowest BCUT2D eigenvalue weighted by molar-refractivity contribution is 0.504. The molecular formula is C32H48N2S2.